The Morgan fingerprint density at radius 1 is 1.09 bits per heavy atom. The lowest BCUT2D eigenvalue weighted by molar-refractivity contribution is -0.138. The highest BCUT2D eigenvalue weighted by atomic mass is 19.4. The lowest BCUT2D eigenvalue weighted by Gasteiger charge is -2.25. The molecule has 0 saturated heterocycles. The number of hydrogen-bond acceptors (Lipinski definition) is 5. The first kappa shape index (κ1) is 22.8. The van der Waals surface area contributed by atoms with Crippen molar-refractivity contribution in [1.29, 1.82) is 0 Å². The van der Waals surface area contributed by atoms with Crippen molar-refractivity contribution in [1.82, 2.24) is 29.3 Å². The van der Waals surface area contributed by atoms with Crippen LogP contribution in [0, 0.1) is 6.92 Å². The average Bonchev–Trinajstić information content (AvgIpc) is 3.47. The van der Waals surface area contributed by atoms with Crippen molar-refractivity contribution < 1.29 is 17.9 Å². The van der Waals surface area contributed by atoms with Crippen LogP contribution in [0.2, 0.25) is 0 Å². The minimum atomic E-state index is -4.42. The fraction of sp³-hybridized carbons (Fsp3) is 0.280. The molecule has 1 aromatic carbocycles. The van der Waals surface area contributed by atoms with Crippen LogP contribution in [0.5, 0.6) is 5.88 Å². The van der Waals surface area contributed by atoms with Crippen molar-refractivity contribution in [3.63, 3.8) is 0 Å². The molecule has 4 heterocycles. The van der Waals surface area contributed by atoms with Gasteiger partial charge in [0.05, 0.1) is 30.4 Å². The van der Waals surface area contributed by atoms with E-state index >= 15 is 0 Å². The second kappa shape index (κ2) is 9.01. The second-order valence-electron chi connectivity index (χ2n) is 8.35. The van der Waals surface area contributed by atoms with Crippen molar-refractivity contribution in [2.75, 3.05) is 7.11 Å². The third-order valence-electron chi connectivity index (χ3n) is 5.98. The normalized spacial score (nSPS) is 16.0. The Bertz CT molecular complexity index is 1390. The quantitative estimate of drug-likeness (QED) is 0.388. The average molecular weight is 480 g/mol. The van der Waals surface area contributed by atoms with E-state index in [-0.39, 0.29) is 5.56 Å². The van der Waals surface area contributed by atoms with Crippen LogP contribution in [-0.4, -0.2) is 36.4 Å². The summed E-state index contributed by atoms with van der Waals surface area (Å²) in [5.41, 5.74) is 1.88. The van der Waals surface area contributed by atoms with Crippen LogP contribution >= 0.6 is 0 Å². The second-order valence-corrected chi connectivity index (χ2v) is 8.35. The summed E-state index contributed by atoms with van der Waals surface area (Å²) in [6, 6.07) is 9.42. The maximum atomic E-state index is 13.6. The van der Waals surface area contributed by atoms with Crippen LogP contribution in [-0.2, 0) is 12.7 Å². The van der Waals surface area contributed by atoms with Gasteiger partial charge in [0.15, 0.2) is 5.82 Å². The number of pyridine rings is 1. The number of fused-ring (bicyclic) bond motifs is 1. The number of nitrogens with zero attached hydrogens (tertiary/aromatic N) is 6. The minimum Gasteiger partial charge on any atom is -0.479 e. The molecule has 0 amide bonds. The van der Waals surface area contributed by atoms with Crippen molar-refractivity contribution in [3.8, 4) is 11.6 Å². The number of benzene rings is 1. The molecule has 5 rings (SSSR count). The van der Waals surface area contributed by atoms with Crippen molar-refractivity contribution in [3.05, 3.63) is 83.1 Å². The monoisotopic (exact) mass is 480 g/mol. The van der Waals surface area contributed by atoms with E-state index in [2.05, 4.69) is 20.1 Å². The Morgan fingerprint density at radius 3 is 2.66 bits per heavy atom. The maximum Gasteiger partial charge on any atom is 0.416 e. The zero-order valence-electron chi connectivity index (χ0n) is 19.2. The van der Waals surface area contributed by atoms with E-state index in [1.165, 1.54) is 12.1 Å². The highest BCUT2D eigenvalue weighted by Crippen LogP contribution is 2.40. The molecular formula is C25H23F3N6O. The van der Waals surface area contributed by atoms with Gasteiger partial charge in [-0.15, -0.1) is 0 Å². The Morgan fingerprint density at radius 2 is 1.91 bits per heavy atom. The van der Waals surface area contributed by atoms with Gasteiger partial charge in [0.2, 0.25) is 5.88 Å². The summed E-state index contributed by atoms with van der Waals surface area (Å²) in [7, 11) is 1.55. The summed E-state index contributed by atoms with van der Waals surface area (Å²) in [6.07, 6.45) is 3.92. The first-order valence-corrected chi connectivity index (χ1v) is 11.2. The van der Waals surface area contributed by atoms with Gasteiger partial charge in [0.1, 0.15) is 11.5 Å². The topological polar surface area (TPSA) is 70.7 Å². The lowest BCUT2D eigenvalue weighted by Crippen LogP contribution is -2.21. The van der Waals surface area contributed by atoms with Gasteiger partial charge in [0.25, 0.3) is 0 Å². The molecule has 1 atom stereocenters. The molecule has 0 saturated carbocycles. The number of alkyl halides is 3. The molecular weight excluding hydrogens is 457 g/mol. The zero-order valence-corrected chi connectivity index (χ0v) is 19.2. The van der Waals surface area contributed by atoms with Crippen LogP contribution in [0.4, 0.5) is 13.2 Å². The molecule has 0 N–H and O–H groups in total. The predicted molar refractivity (Wildman–Crippen MR) is 124 cm³/mol. The third kappa shape index (κ3) is 4.55. The predicted octanol–water partition coefficient (Wildman–Crippen LogP) is 5.29. The summed E-state index contributed by atoms with van der Waals surface area (Å²) in [6.45, 7) is 2.52. The lowest BCUT2D eigenvalue weighted by atomic mass is 9.88. The van der Waals surface area contributed by atoms with Crippen LogP contribution in [0.15, 0.2) is 48.9 Å². The van der Waals surface area contributed by atoms with Crippen LogP contribution < -0.4 is 4.74 Å². The van der Waals surface area contributed by atoms with Crippen LogP contribution in [0.25, 0.3) is 17.8 Å². The molecule has 1 aliphatic heterocycles. The van der Waals surface area contributed by atoms with Gasteiger partial charge in [-0.1, -0.05) is 18.2 Å². The summed E-state index contributed by atoms with van der Waals surface area (Å²) >= 11 is 0. The van der Waals surface area contributed by atoms with E-state index in [0.29, 0.717) is 36.2 Å². The fourth-order valence-corrected chi connectivity index (χ4v) is 4.39. The van der Waals surface area contributed by atoms with Gasteiger partial charge in [-0.25, -0.2) is 19.6 Å². The van der Waals surface area contributed by atoms with E-state index in [1.807, 2.05) is 29.8 Å². The highest BCUT2D eigenvalue weighted by Gasteiger charge is 2.37. The minimum absolute atomic E-state index is 0.237. The van der Waals surface area contributed by atoms with Crippen LogP contribution in [0.3, 0.4) is 0 Å². The van der Waals surface area contributed by atoms with Gasteiger partial charge in [0, 0.05) is 18.7 Å². The molecule has 0 fully saturated rings. The number of halogens is 3. The number of hydrogen-bond donors (Lipinski definition) is 0. The number of methoxy groups -OCH3 is 1. The largest absolute Gasteiger partial charge is 0.479 e. The summed E-state index contributed by atoms with van der Waals surface area (Å²) in [5, 5.41) is 4.51. The van der Waals surface area contributed by atoms with Gasteiger partial charge in [-0.05, 0) is 55.7 Å². The first-order valence-electron chi connectivity index (χ1n) is 11.2. The molecule has 180 valence electrons. The summed E-state index contributed by atoms with van der Waals surface area (Å²) < 4.78 is 49.8. The fourth-order valence-electron chi connectivity index (χ4n) is 4.39. The number of rotatable bonds is 5. The van der Waals surface area contributed by atoms with E-state index in [1.54, 1.807) is 36.3 Å². The van der Waals surface area contributed by atoms with Gasteiger partial charge < -0.3 is 9.30 Å². The van der Waals surface area contributed by atoms with E-state index in [4.69, 9.17) is 4.74 Å². The molecule has 10 heteroatoms. The zero-order chi connectivity index (χ0) is 24.6. The summed E-state index contributed by atoms with van der Waals surface area (Å²) in [4.78, 5) is 13.3. The molecule has 7 nitrogen and oxygen atoms in total. The molecule has 0 aliphatic carbocycles. The van der Waals surface area contributed by atoms with E-state index < -0.39 is 17.7 Å². The third-order valence-corrected chi connectivity index (χ3v) is 5.98. The highest BCUT2D eigenvalue weighted by molar-refractivity contribution is 5.65. The molecule has 0 radical (unpaired) electrons. The Kier molecular flexibility index (Phi) is 5.88. The van der Waals surface area contributed by atoms with Gasteiger partial charge in [-0.2, -0.15) is 18.3 Å². The SMILES string of the molecule is COc1nc(/C=C/c2nc3n(n2)CCC[C@H]3c2ccccc2C(F)(F)F)ccc1-n1cnc(C)c1. The standard InChI is InChI=1S/C25H23F3N6O/c1-16-14-33(15-29-16)21-11-9-17(30-24(21)35-2)10-12-22-31-23-19(7-5-13-34(23)32-22)18-6-3-4-8-20(18)25(26,27)28/h3-4,6,8-12,14-15,19H,5,7,13H2,1-2H3/b12-10+/t19-/m0/s1. The van der Waals surface area contributed by atoms with Crippen LogP contribution in [0.1, 0.15) is 52.9 Å². The van der Waals surface area contributed by atoms with Crippen molar-refractivity contribution in [2.45, 2.75) is 38.4 Å². The number of aryl methyl sites for hydroxylation is 2. The van der Waals surface area contributed by atoms with Crippen molar-refractivity contribution >= 4 is 12.2 Å². The smallest absolute Gasteiger partial charge is 0.416 e. The Hall–Kier alpha value is -3.95. The molecule has 3 aromatic heterocycles. The first-order chi connectivity index (χ1) is 16.8. The molecule has 1 aliphatic rings. The van der Waals surface area contributed by atoms with Gasteiger partial charge >= 0.3 is 6.18 Å². The number of ether oxygens (including phenoxy) is 1. The molecule has 0 spiro atoms. The van der Waals surface area contributed by atoms with E-state index in [0.717, 1.165) is 23.9 Å². The maximum absolute atomic E-state index is 13.6. The Balaban J connectivity index is 1.43. The van der Waals surface area contributed by atoms with Gasteiger partial charge in [-0.3, -0.25) is 0 Å². The summed E-state index contributed by atoms with van der Waals surface area (Å²) in [5.74, 6) is 0.938. The molecule has 35 heavy (non-hydrogen) atoms. The molecule has 0 bridgehead atoms. The van der Waals surface area contributed by atoms with E-state index in [9.17, 15) is 13.2 Å². The number of imidazole rings is 1. The molecule has 0 unspecified atom stereocenters. The Labute approximate surface area is 199 Å². The van der Waals surface area contributed by atoms with Crippen molar-refractivity contribution in [2.24, 2.45) is 0 Å². The number of aromatic nitrogens is 6. The molecule has 4 aromatic rings.